The molecular weight excluding hydrogens is 286 g/mol. The SMILES string of the molecule is CCCCC1=C(C)C(=O)NC1S(=O)(=O)c1ccc(C)cc1. The van der Waals surface area contributed by atoms with Crippen LogP contribution in [0.4, 0.5) is 0 Å². The second-order valence-electron chi connectivity index (χ2n) is 5.47. The van der Waals surface area contributed by atoms with Crippen LogP contribution in [-0.2, 0) is 14.6 Å². The van der Waals surface area contributed by atoms with Crippen molar-refractivity contribution >= 4 is 15.7 Å². The number of sulfone groups is 1. The molecule has 0 spiro atoms. The lowest BCUT2D eigenvalue weighted by Crippen LogP contribution is -2.36. The third kappa shape index (κ3) is 3.02. The van der Waals surface area contributed by atoms with Crippen molar-refractivity contribution < 1.29 is 13.2 Å². The molecule has 0 aliphatic carbocycles. The minimum Gasteiger partial charge on any atom is -0.332 e. The number of unbranched alkanes of at least 4 members (excludes halogenated alkanes) is 1. The molecule has 2 rings (SSSR count). The first-order valence-corrected chi connectivity index (χ1v) is 8.73. The van der Waals surface area contributed by atoms with E-state index in [-0.39, 0.29) is 10.8 Å². The summed E-state index contributed by atoms with van der Waals surface area (Å²) in [6.07, 6.45) is 2.47. The van der Waals surface area contributed by atoms with E-state index >= 15 is 0 Å². The van der Waals surface area contributed by atoms with Crippen molar-refractivity contribution in [1.82, 2.24) is 5.32 Å². The van der Waals surface area contributed by atoms with Crippen LogP contribution < -0.4 is 5.32 Å². The molecule has 0 aromatic heterocycles. The number of amides is 1. The number of rotatable bonds is 5. The molecule has 1 atom stereocenters. The lowest BCUT2D eigenvalue weighted by atomic mass is 10.1. The summed E-state index contributed by atoms with van der Waals surface area (Å²) >= 11 is 0. The van der Waals surface area contributed by atoms with Gasteiger partial charge in [-0.05, 0) is 44.4 Å². The molecule has 1 N–H and O–H groups in total. The van der Waals surface area contributed by atoms with Crippen LogP contribution in [0.3, 0.4) is 0 Å². The Bertz CT molecular complexity index is 672. The van der Waals surface area contributed by atoms with Gasteiger partial charge >= 0.3 is 0 Å². The molecule has 0 saturated carbocycles. The van der Waals surface area contributed by atoms with Crippen molar-refractivity contribution in [1.29, 1.82) is 0 Å². The lowest BCUT2D eigenvalue weighted by molar-refractivity contribution is -0.116. The van der Waals surface area contributed by atoms with Gasteiger partial charge in [0.2, 0.25) is 15.7 Å². The Morgan fingerprint density at radius 1 is 1.14 bits per heavy atom. The molecule has 0 bridgehead atoms. The van der Waals surface area contributed by atoms with Crippen molar-refractivity contribution in [2.45, 2.75) is 50.3 Å². The Balaban J connectivity index is 2.39. The third-order valence-corrected chi connectivity index (χ3v) is 5.81. The largest absolute Gasteiger partial charge is 0.332 e. The Kier molecular flexibility index (Phi) is 4.52. The quantitative estimate of drug-likeness (QED) is 0.909. The van der Waals surface area contributed by atoms with Crippen molar-refractivity contribution in [3.8, 4) is 0 Å². The highest BCUT2D eigenvalue weighted by Crippen LogP contribution is 2.29. The topological polar surface area (TPSA) is 63.2 Å². The summed E-state index contributed by atoms with van der Waals surface area (Å²) in [5.41, 5.74) is 2.26. The number of carbonyl (C=O) groups is 1. The predicted molar refractivity (Wildman–Crippen MR) is 82.5 cm³/mol. The first-order valence-electron chi connectivity index (χ1n) is 7.19. The number of benzene rings is 1. The van der Waals surface area contributed by atoms with E-state index in [1.807, 2.05) is 13.8 Å². The number of hydrogen-bond acceptors (Lipinski definition) is 3. The van der Waals surface area contributed by atoms with E-state index in [2.05, 4.69) is 5.32 Å². The normalized spacial score (nSPS) is 19.0. The molecule has 1 aromatic rings. The van der Waals surface area contributed by atoms with Crippen molar-refractivity contribution in [3.63, 3.8) is 0 Å². The summed E-state index contributed by atoms with van der Waals surface area (Å²) in [6, 6.07) is 6.74. The van der Waals surface area contributed by atoms with Crippen LogP contribution in [0.25, 0.3) is 0 Å². The third-order valence-electron chi connectivity index (χ3n) is 3.86. The number of carbonyl (C=O) groups excluding carboxylic acids is 1. The lowest BCUT2D eigenvalue weighted by Gasteiger charge is -2.16. The van der Waals surface area contributed by atoms with E-state index < -0.39 is 15.2 Å². The van der Waals surface area contributed by atoms with Crippen LogP contribution >= 0.6 is 0 Å². The highest BCUT2D eigenvalue weighted by atomic mass is 32.2. The standard InChI is InChI=1S/C16H21NO3S/c1-4-5-6-14-12(3)15(18)17-16(14)21(19,20)13-9-7-11(2)8-10-13/h7-10,16H,4-6H2,1-3H3,(H,17,18). The van der Waals surface area contributed by atoms with Crippen LogP contribution in [0.15, 0.2) is 40.3 Å². The fraction of sp³-hybridized carbons (Fsp3) is 0.438. The zero-order valence-corrected chi connectivity index (χ0v) is 13.5. The van der Waals surface area contributed by atoms with Crippen molar-refractivity contribution in [2.24, 2.45) is 0 Å². The number of nitrogens with one attached hydrogen (secondary N) is 1. The van der Waals surface area contributed by atoms with Crippen LogP contribution in [0.1, 0.15) is 38.7 Å². The summed E-state index contributed by atoms with van der Waals surface area (Å²) in [5, 5.41) is 1.70. The molecule has 1 aromatic carbocycles. The first kappa shape index (κ1) is 15.8. The highest BCUT2D eigenvalue weighted by Gasteiger charge is 2.38. The molecule has 5 heteroatoms. The molecule has 0 saturated heterocycles. The van der Waals surface area contributed by atoms with Crippen LogP contribution in [0.2, 0.25) is 0 Å². The monoisotopic (exact) mass is 307 g/mol. The van der Waals surface area contributed by atoms with Gasteiger partial charge in [-0.25, -0.2) is 8.42 Å². The molecule has 1 aliphatic heterocycles. The van der Waals surface area contributed by atoms with Gasteiger partial charge in [-0.1, -0.05) is 31.0 Å². The fourth-order valence-electron chi connectivity index (χ4n) is 2.47. The van der Waals surface area contributed by atoms with Gasteiger partial charge < -0.3 is 5.32 Å². The zero-order valence-electron chi connectivity index (χ0n) is 12.6. The molecule has 1 heterocycles. The van der Waals surface area contributed by atoms with Gasteiger partial charge in [-0.3, -0.25) is 4.79 Å². The van der Waals surface area contributed by atoms with Gasteiger partial charge in [0.1, 0.15) is 0 Å². The molecule has 114 valence electrons. The van der Waals surface area contributed by atoms with Crippen LogP contribution in [-0.4, -0.2) is 19.7 Å². The Hall–Kier alpha value is -1.62. The van der Waals surface area contributed by atoms with Gasteiger partial charge in [0.25, 0.3) is 0 Å². The summed E-state index contributed by atoms with van der Waals surface area (Å²) in [5.74, 6) is -0.276. The molecule has 21 heavy (non-hydrogen) atoms. The van der Waals surface area contributed by atoms with Crippen LogP contribution in [0.5, 0.6) is 0 Å². The average Bonchev–Trinajstić information content (AvgIpc) is 2.74. The second-order valence-corrected chi connectivity index (χ2v) is 7.50. The van der Waals surface area contributed by atoms with E-state index in [0.717, 1.165) is 18.4 Å². The van der Waals surface area contributed by atoms with E-state index in [4.69, 9.17) is 0 Å². The molecule has 1 amide bonds. The van der Waals surface area contributed by atoms with E-state index in [0.29, 0.717) is 17.6 Å². The summed E-state index contributed by atoms with van der Waals surface area (Å²) in [7, 11) is -3.59. The van der Waals surface area contributed by atoms with Crippen molar-refractivity contribution in [3.05, 3.63) is 41.0 Å². The molecule has 0 radical (unpaired) electrons. The predicted octanol–water partition coefficient (Wildman–Crippen LogP) is 2.73. The maximum Gasteiger partial charge on any atom is 0.248 e. The minimum absolute atomic E-state index is 0.252. The Morgan fingerprint density at radius 3 is 2.33 bits per heavy atom. The smallest absolute Gasteiger partial charge is 0.248 e. The fourth-order valence-corrected chi connectivity index (χ4v) is 4.19. The van der Waals surface area contributed by atoms with Gasteiger partial charge in [-0.2, -0.15) is 0 Å². The van der Waals surface area contributed by atoms with Crippen LogP contribution in [0, 0.1) is 6.92 Å². The second kappa shape index (κ2) is 6.02. The maximum absolute atomic E-state index is 12.8. The summed E-state index contributed by atoms with van der Waals surface area (Å²) in [6.45, 7) is 5.65. The number of hydrogen-bond donors (Lipinski definition) is 1. The summed E-state index contributed by atoms with van der Waals surface area (Å²) in [4.78, 5) is 12.1. The van der Waals surface area contributed by atoms with Crippen molar-refractivity contribution in [2.75, 3.05) is 0 Å². The van der Waals surface area contributed by atoms with Gasteiger partial charge in [-0.15, -0.1) is 0 Å². The number of aryl methyl sites for hydroxylation is 1. The Labute approximate surface area is 126 Å². The summed E-state index contributed by atoms with van der Waals surface area (Å²) < 4.78 is 25.5. The van der Waals surface area contributed by atoms with E-state index in [1.165, 1.54) is 0 Å². The minimum atomic E-state index is -3.59. The molecular formula is C16H21NO3S. The van der Waals surface area contributed by atoms with Gasteiger partial charge in [0.15, 0.2) is 5.37 Å². The molecule has 0 fully saturated rings. The first-order chi connectivity index (χ1) is 9.87. The van der Waals surface area contributed by atoms with Gasteiger partial charge in [0, 0.05) is 5.57 Å². The molecule has 1 aliphatic rings. The zero-order chi connectivity index (χ0) is 15.6. The average molecular weight is 307 g/mol. The Morgan fingerprint density at radius 2 is 1.76 bits per heavy atom. The highest BCUT2D eigenvalue weighted by molar-refractivity contribution is 7.92. The van der Waals surface area contributed by atoms with E-state index in [9.17, 15) is 13.2 Å². The maximum atomic E-state index is 12.8. The molecule has 1 unspecified atom stereocenters. The van der Waals surface area contributed by atoms with Gasteiger partial charge in [0.05, 0.1) is 4.90 Å². The molecule has 4 nitrogen and oxygen atoms in total. The van der Waals surface area contributed by atoms with E-state index in [1.54, 1.807) is 31.2 Å².